The molecule has 1 N–H and O–H groups in total. The Bertz CT molecular complexity index is 366. The van der Waals surface area contributed by atoms with E-state index in [9.17, 15) is 0 Å². The summed E-state index contributed by atoms with van der Waals surface area (Å²) in [6, 6.07) is 5.22. The van der Waals surface area contributed by atoms with Crippen molar-refractivity contribution in [2.75, 3.05) is 30.5 Å². The summed E-state index contributed by atoms with van der Waals surface area (Å²) in [5.41, 5.74) is 1.26. The fourth-order valence-electron chi connectivity index (χ4n) is 2.05. The third kappa shape index (κ3) is 5.33. The highest BCUT2D eigenvalue weighted by Crippen LogP contribution is 2.18. The molecule has 0 saturated heterocycles. The fraction of sp³-hybridized carbons (Fsp3) is 0.688. The van der Waals surface area contributed by atoms with Crippen LogP contribution >= 0.6 is 11.8 Å². The van der Waals surface area contributed by atoms with Crippen molar-refractivity contribution in [2.45, 2.75) is 45.7 Å². The van der Waals surface area contributed by atoms with E-state index in [1.54, 1.807) is 0 Å². The first kappa shape index (κ1) is 17.3. The molecule has 2 unspecified atom stereocenters. The minimum absolute atomic E-state index is 0.371. The summed E-state index contributed by atoms with van der Waals surface area (Å²) in [6.45, 7) is 7.69. The number of anilines is 1. The van der Waals surface area contributed by atoms with Crippen molar-refractivity contribution in [1.29, 1.82) is 0 Å². The number of aromatic nitrogens is 1. The molecule has 2 atom stereocenters. The molecule has 0 aliphatic heterocycles. The Morgan fingerprint density at radius 2 is 2.10 bits per heavy atom. The second-order valence-corrected chi connectivity index (χ2v) is 6.35. The smallest absolute Gasteiger partial charge is 0.128 e. The van der Waals surface area contributed by atoms with Gasteiger partial charge >= 0.3 is 0 Å². The Morgan fingerprint density at radius 3 is 2.65 bits per heavy atom. The van der Waals surface area contributed by atoms with Gasteiger partial charge in [-0.3, -0.25) is 0 Å². The lowest BCUT2D eigenvalue weighted by molar-refractivity contribution is 0.568. The Balaban J connectivity index is 2.60. The molecule has 0 radical (unpaired) electrons. The van der Waals surface area contributed by atoms with Crippen molar-refractivity contribution >= 4 is 17.6 Å². The molecule has 0 aliphatic rings. The number of rotatable bonds is 9. The minimum Gasteiger partial charge on any atom is -0.357 e. The molecule has 0 aliphatic carbocycles. The van der Waals surface area contributed by atoms with Crippen LogP contribution in [0.15, 0.2) is 18.3 Å². The van der Waals surface area contributed by atoms with Crippen LogP contribution in [0.4, 0.5) is 5.82 Å². The Labute approximate surface area is 128 Å². The first-order valence-corrected chi connectivity index (χ1v) is 8.90. The zero-order valence-corrected chi connectivity index (χ0v) is 14.3. The SMILES string of the molecule is CCCNC(C)c1ccc(N(C)C(C)CCSC)nc1. The van der Waals surface area contributed by atoms with E-state index < -0.39 is 0 Å². The predicted octanol–water partition coefficient (Wildman–Crippen LogP) is 3.72. The molecule has 114 valence electrons. The molecule has 0 bridgehead atoms. The Morgan fingerprint density at radius 1 is 1.35 bits per heavy atom. The van der Waals surface area contributed by atoms with E-state index in [2.05, 4.69) is 61.4 Å². The van der Waals surface area contributed by atoms with Gasteiger partial charge in [-0.25, -0.2) is 4.98 Å². The third-order valence-electron chi connectivity index (χ3n) is 3.73. The van der Waals surface area contributed by atoms with E-state index in [1.165, 1.54) is 17.7 Å². The van der Waals surface area contributed by atoms with E-state index in [0.29, 0.717) is 12.1 Å². The molecule has 3 nitrogen and oxygen atoms in total. The van der Waals surface area contributed by atoms with Crippen LogP contribution in [0.2, 0.25) is 0 Å². The summed E-state index contributed by atoms with van der Waals surface area (Å²) >= 11 is 1.90. The molecular formula is C16H29N3S. The molecule has 1 aromatic rings. The number of nitrogens with zero attached hydrogens (tertiary/aromatic N) is 2. The summed E-state index contributed by atoms with van der Waals surface area (Å²) in [5, 5.41) is 3.49. The summed E-state index contributed by atoms with van der Waals surface area (Å²) in [4.78, 5) is 6.88. The van der Waals surface area contributed by atoms with Gasteiger partial charge in [0.1, 0.15) is 5.82 Å². The van der Waals surface area contributed by atoms with Crippen LogP contribution in [0.3, 0.4) is 0 Å². The average Bonchev–Trinajstić information content (AvgIpc) is 2.49. The quantitative estimate of drug-likeness (QED) is 0.751. The summed E-state index contributed by atoms with van der Waals surface area (Å²) < 4.78 is 0. The van der Waals surface area contributed by atoms with Gasteiger partial charge in [0.05, 0.1) is 0 Å². The van der Waals surface area contributed by atoms with Gasteiger partial charge in [-0.2, -0.15) is 11.8 Å². The summed E-state index contributed by atoms with van der Waals surface area (Å²) in [5.74, 6) is 2.26. The maximum Gasteiger partial charge on any atom is 0.128 e. The van der Waals surface area contributed by atoms with Gasteiger partial charge in [0, 0.05) is 25.3 Å². The first-order chi connectivity index (χ1) is 9.60. The zero-order chi connectivity index (χ0) is 15.0. The van der Waals surface area contributed by atoms with E-state index >= 15 is 0 Å². The van der Waals surface area contributed by atoms with Crippen molar-refractivity contribution in [1.82, 2.24) is 10.3 Å². The number of hydrogen-bond acceptors (Lipinski definition) is 4. The van der Waals surface area contributed by atoms with Crippen LogP contribution in [0.25, 0.3) is 0 Å². The van der Waals surface area contributed by atoms with E-state index in [-0.39, 0.29) is 0 Å². The molecule has 20 heavy (non-hydrogen) atoms. The molecule has 0 saturated carbocycles. The van der Waals surface area contributed by atoms with Gasteiger partial charge in [0.25, 0.3) is 0 Å². The summed E-state index contributed by atoms with van der Waals surface area (Å²) in [7, 11) is 2.13. The molecule has 0 spiro atoms. The van der Waals surface area contributed by atoms with Crippen LogP contribution in [-0.2, 0) is 0 Å². The highest BCUT2D eigenvalue weighted by molar-refractivity contribution is 7.98. The van der Waals surface area contributed by atoms with Crippen molar-refractivity contribution in [3.63, 3.8) is 0 Å². The van der Waals surface area contributed by atoms with Gasteiger partial charge < -0.3 is 10.2 Å². The largest absolute Gasteiger partial charge is 0.357 e. The highest BCUT2D eigenvalue weighted by atomic mass is 32.2. The maximum atomic E-state index is 4.62. The van der Waals surface area contributed by atoms with Gasteiger partial charge in [-0.1, -0.05) is 13.0 Å². The zero-order valence-electron chi connectivity index (χ0n) is 13.5. The van der Waals surface area contributed by atoms with Crippen molar-refractivity contribution in [2.24, 2.45) is 0 Å². The second kappa shape index (κ2) is 9.24. The van der Waals surface area contributed by atoms with Crippen molar-refractivity contribution in [3.8, 4) is 0 Å². The predicted molar refractivity (Wildman–Crippen MR) is 91.8 cm³/mol. The highest BCUT2D eigenvalue weighted by Gasteiger charge is 2.11. The van der Waals surface area contributed by atoms with Crippen LogP contribution in [0.1, 0.15) is 45.2 Å². The van der Waals surface area contributed by atoms with Crippen molar-refractivity contribution < 1.29 is 0 Å². The van der Waals surface area contributed by atoms with Gasteiger partial charge in [0.2, 0.25) is 0 Å². The molecule has 0 fully saturated rings. The molecule has 1 rings (SSSR count). The van der Waals surface area contributed by atoms with Crippen molar-refractivity contribution in [3.05, 3.63) is 23.9 Å². The summed E-state index contributed by atoms with van der Waals surface area (Å²) in [6.07, 6.45) is 6.51. The number of hydrogen-bond donors (Lipinski definition) is 1. The Hall–Kier alpha value is -0.740. The van der Waals surface area contributed by atoms with Crippen LogP contribution in [0.5, 0.6) is 0 Å². The molecular weight excluding hydrogens is 266 g/mol. The Kier molecular flexibility index (Phi) is 8.00. The number of nitrogens with one attached hydrogen (secondary N) is 1. The lowest BCUT2D eigenvalue weighted by Gasteiger charge is -2.26. The standard InChI is InChI=1S/C16H29N3S/c1-6-10-17-14(3)15-7-8-16(18-12-15)19(4)13(2)9-11-20-5/h7-8,12-14,17H,6,9-11H2,1-5H3. The second-order valence-electron chi connectivity index (χ2n) is 5.37. The first-order valence-electron chi connectivity index (χ1n) is 7.51. The number of thioether (sulfide) groups is 1. The minimum atomic E-state index is 0.371. The van der Waals surface area contributed by atoms with Crippen LogP contribution in [-0.4, -0.2) is 36.6 Å². The molecule has 4 heteroatoms. The van der Waals surface area contributed by atoms with Crippen LogP contribution < -0.4 is 10.2 Å². The topological polar surface area (TPSA) is 28.2 Å². The maximum absolute atomic E-state index is 4.62. The normalized spacial score (nSPS) is 14.1. The van der Waals surface area contributed by atoms with Gasteiger partial charge in [-0.05, 0) is 56.9 Å². The fourth-order valence-corrected chi connectivity index (χ4v) is 2.63. The lowest BCUT2D eigenvalue weighted by atomic mass is 10.1. The van der Waals surface area contributed by atoms with E-state index in [4.69, 9.17) is 0 Å². The third-order valence-corrected chi connectivity index (χ3v) is 4.38. The molecule has 1 aromatic heterocycles. The molecule has 0 aromatic carbocycles. The molecule has 1 heterocycles. The van der Waals surface area contributed by atoms with Crippen LogP contribution in [0, 0.1) is 0 Å². The molecule has 0 amide bonds. The van der Waals surface area contributed by atoms with Gasteiger partial charge in [-0.15, -0.1) is 0 Å². The monoisotopic (exact) mass is 295 g/mol. The van der Waals surface area contributed by atoms with E-state index in [1.807, 2.05) is 18.0 Å². The average molecular weight is 295 g/mol. The number of pyridine rings is 1. The van der Waals surface area contributed by atoms with Gasteiger partial charge in [0.15, 0.2) is 0 Å². The van der Waals surface area contributed by atoms with E-state index in [0.717, 1.165) is 18.8 Å². The lowest BCUT2D eigenvalue weighted by Crippen LogP contribution is -2.30.